The van der Waals surface area contributed by atoms with E-state index < -0.39 is 0 Å². The van der Waals surface area contributed by atoms with Crippen LogP contribution in [-0.2, 0) is 0 Å². The summed E-state index contributed by atoms with van der Waals surface area (Å²) in [5.41, 5.74) is 0.698. The number of amides is 1. The van der Waals surface area contributed by atoms with Crippen molar-refractivity contribution in [3.8, 4) is 0 Å². The summed E-state index contributed by atoms with van der Waals surface area (Å²) < 4.78 is 0. The van der Waals surface area contributed by atoms with Gasteiger partial charge in [-0.15, -0.1) is 0 Å². The van der Waals surface area contributed by atoms with Crippen LogP contribution in [0.25, 0.3) is 0 Å². The van der Waals surface area contributed by atoms with Gasteiger partial charge >= 0.3 is 0 Å². The highest BCUT2D eigenvalue weighted by Gasteiger charge is 2.25. The SMILES string of the molecule is CC(C)C(C)Nc1ccc(C(=O)N2CCCN(C3CCCCC3)CC2)cn1. The quantitative estimate of drug-likeness (QED) is 0.848. The fraction of sp³-hybridized carbons (Fsp3) is 0.727. The summed E-state index contributed by atoms with van der Waals surface area (Å²) in [5, 5.41) is 3.40. The minimum Gasteiger partial charge on any atom is -0.367 e. The van der Waals surface area contributed by atoms with Crippen molar-refractivity contribution in [1.29, 1.82) is 0 Å². The first-order chi connectivity index (χ1) is 13.0. The van der Waals surface area contributed by atoms with E-state index in [0.717, 1.165) is 44.5 Å². The van der Waals surface area contributed by atoms with Crippen LogP contribution in [0.3, 0.4) is 0 Å². The van der Waals surface area contributed by atoms with Crippen molar-refractivity contribution in [2.24, 2.45) is 5.92 Å². The zero-order valence-electron chi connectivity index (χ0n) is 17.3. The second-order valence-electron chi connectivity index (χ2n) is 8.58. The number of hydrogen-bond donors (Lipinski definition) is 1. The van der Waals surface area contributed by atoms with E-state index in [1.165, 1.54) is 32.1 Å². The predicted octanol–water partition coefficient (Wildman–Crippen LogP) is 4.02. The molecule has 1 saturated heterocycles. The Labute approximate surface area is 164 Å². The molecule has 0 spiro atoms. The Hall–Kier alpha value is -1.62. The van der Waals surface area contributed by atoms with Gasteiger partial charge in [0.05, 0.1) is 5.56 Å². The third-order valence-electron chi connectivity index (χ3n) is 6.29. The Morgan fingerprint density at radius 1 is 1.04 bits per heavy atom. The van der Waals surface area contributed by atoms with Gasteiger partial charge in [0.2, 0.25) is 0 Å². The van der Waals surface area contributed by atoms with Gasteiger partial charge in [0.1, 0.15) is 5.82 Å². The van der Waals surface area contributed by atoms with E-state index in [2.05, 4.69) is 36.0 Å². The zero-order chi connectivity index (χ0) is 19.2. The molecule has 0 aromatic carbocycles. The maximum Gasteiger partial charge on any atom is 0.255 e. The van der Waals surface area contributed by atoms with Crippen molar-refractivity contribution < 1.29 is 4.79 Å². The number of nitrogens with zero attached hydrogens (tertiary/aromatic N) is 3. The molecule has 1 saturated carbocycles. The monoisotopic (exact) mass is 372 g/mol. The Bertz CT molecular complexity index is 595. The Morgan fingerprint density at radius 2 is 1.81 bits per heavy atom. The van der Waals surface area contributed by atoms with E-state index in [4.69, 9.17) is 0 Å². The van der Waals surface area contributed by atoms with E-state index in [1.807, 2.05) is 17.0 Å². The van der Waals surface area contributed by atoms with Gasteiger partial charge in [0.25, 0.3) is 5.91 Å². The van der Waals surface area contributed by atoms with Gasteiger partial charge in [-0.3, -0.25) is 9.69 Å². The van der Waals surface area contributed by atoms with Crippen LogP contribution in [0.1, 0.15) is 69.7 Å². The van der Waals surface area contributed by atoms with E-state index >= 15 is 0 Å². The smallest absolute Gasteiger partial charge is 0.255 e. The van der Waals surface area contributed by atoms with Crippen molar-refractivity contribution in [3.05, 3.63) is 23.9 Å². The first kappa shape index (κ1) is 20.1. The van der Waals surface area contributed by atoms with Gasteiger partial charge in [0.15, 0.2) is 0 Å². The van der Waals surface area contributed by atoms with Crippen molar-refractivity contribution in [1.82, 2.24) is 14.8 Å². The largest absolute Gasteiger partial charge is 0.367 e. The van der Waals surface area contributed by atoms with Crippen LogP contribution in [-0.4, -0.2) is 59.0 Å². The van der Waals surface area contributed by atoms with Crippen LogP contribution in [0.4, 0.5) is 5.82 Å². The highest BCUT2D eigenvalue weighted by Crippen LogP contribution is 2.24. The number of aromatic nitrogens is 1. The van der Waals surface area contributed by atoms with E-state index in [0.29, 0.717) is 17.5 Å². The lowest BCUT2D eigenvalue weighted by atomic mass is 9.94. The number of carbonyl (C=O) groups excluding carboxylic acids is 1. The average Bonchev–Trinajstić information content (AvgIpc) is 2.95. The van der Waals surface area contributed by atoms with Crippen LogP contribution >= 0.6 is 0 Å². The number of carbonyl (C=O) groups is 1. The average molecular weight is 373 g/mol. The Morgan fingerprint density at radius 3 is 2.48 bits per heavy atom. The summed E-state index contributed by atoms with van der Waals surface area (Å²) in [5.74, 6) is 1.50. The van der Waals surface area contributed by atoms with Gasteiger partial charge in [-0.1, -0.05) is 33.1 Å². The lowest BCUT2D eigenvalue weighted by molar-refractivity contribution is 0.0754. The molecule has 1 aliphatic heterocycles. The first-order valence-corrected chi connectivity index (χ1v) is 10.8. The molecular formula is C22H36N4O. The molecular weight excluding hydrogens is 336 g/mol. The minimum absolute atomic E-state index is 0.122. The molecule has 1 amide bonds. The molecule has 0 radical (unpaired) electrons. The molecule has 2 aliphatic rings. The highest BCUT2D eigenvalue weighted by molar-refractivity contribution is 5.94. The molecule has 1 unspecified atom stereocenters. The summed E-state index contributed by atoms with van der Waals surface area (Å²) in [4.78, 5) is 22.0. The van der Waals surface area contributed by atoms with Gasteiger partial charge < -0.3 is 10.2 Å². The summed E-state index contributed by atoms with van der Waals surface area (Å²) >= 11 is 0. The molecule has 1 aromatic rings. The van der Waals surface area contributed by atoms with Crippen molar-refractivity contribution >= 4 is 11.7 Å². The van der Waals surface area contributed by atoms with Crippen LogP contribution in [0.15, 0.2) is 18.3 Å². The lowest BCUT2D eigenvalue weighted by Gasteiger charge is -2.33. The number of hydrogen-bond acceptors (Lipinski definition) is 4. The maximum atomic E-state index is 12.9. The van der Waals surface area contributed by atoms with Crippen molar-refractivity contribution in [3.63, 3.8) is 0 Å². The summed E-state index contributed by atoms with van der Waals surface area (Å²) in [6, 6.07) is 4.94. The van der Waals surface area contributed by atoms with Gasteiger partial charge in [-0.2, -0.15) is 0 Å². The van der Waals surface area contributed by atoms with Crippen LogP contribution in [0, 0.1) is 5.92 Å². The van der Waals surface area contributed by atoms with Gasteiger partial charge in [-0.25, -0.2) is 4.98 Å². The Balaban J connectivity index is 1.55. The van der Waals surface area contributed by atoms with E-state index in [1.54, 1.807) is 6.20 Å². The molecule has 2 heterocycles. The summed E-state index contributed by atoms with van der Waals surface area (Å²) in [6.07, 6.45) is 9.59. The molecule has 5 nitrogen and oxygen atoms in total. The van der Waals surface area contributed by atoms with Crippen LogP contribution < -0.4 is 5.32 Å². The molecule has 1 atom stereocenters. The molecule has 3 rings (SSSR count). The summed E-state index contributed by atoms with van der Waals surface area (Å²) in [6.45, 7) is 10.3. The zero-order valence-corrected chi connectivity index (χ0v) is 17.3. The van der Waals surface area contributed by atoms with Crippen molar-refractivity contribution in [2.75, 3.05) is 31.5 Å². The standard InChI is InChI=1S/C22H36N4O/c1-17(2)18(3)24-21-11-10-19(16-23-21)22(27)26-13-7-12-25(14-15-26)20-8-5-4-6-9-20/h10-11,16-18,20H,4-9,12-15H2,1-3H3,(H,23,24). The predicted molar refractivity (Wildman–Crippen MR) is 111 cm³/mol. The molecule has 1 N–H and O–H groups in total. The van der Waals surface area contributed by atoms with Crippen molar-refractivity contribution in [2.45, 2.75) is 71.4 Å². The van der Waals surface area contributed by atoms with E-state index in [-0.39, 0.29) is 5.91 Å². The van der Waals surface area contributed by atoms with Gasteiger partial charge in [-0.05, 0) is 44.2 Å². The maximum absolute atomic E-state index is 12.9. The Kier molecular flexibility index (Phi) is 7.11. The number of nitrogens with one attached hydrogen (secondary N) is 1. The van der Waals surface area contributed by atoms with Crippen LogP contribution in [0.2, 0.25) is 0 Å². The fourth-order valence-corrected chi connectivity index (χ4v) is 4.14. The minimum atomic E-state index is 0.122. The molecule has 150 valence electrons. The molecule has 2 fully saturated rings. The fourth-order valence-electron chi connectivity index (χ4n) is 4.14. The normalized spacial score (nSPS) is 21.1. The lowest BCUT2D eigenvalue weighted by Crippen LogP contribution is -2.40. The van der Waals surface area contributed by atoms with Crippen LogP contribution in [0.5, 0.6) is 0 Å². The third-order valence-corrected chi connectivity index (χ3v) is 6.29. The highest BCUT2D eigenvalue weighted by atomic mass is 16.2. The molecule has 5 heteroatoms. The molecule has 1 aliphatic carbocycles. The topological polar surface area (TPSA) is 48.5 Å². The molecule has 1 aromatic heterocycles. The number of anilines is 1. The molecule has 0 bridgehead atoms. The summed E-state index contributed by atoms with van der Waals surface area (Å²) in [7, 11) is 0. The third kappa shape index (κ3) is 5.44. The second-order valence-corrected chi connectivity index (χ2v) is 8.58. The van der Waals surface area contributed by atoms with Gasteiger partial charge in [0, 0.05) is 44.5 Å². The number of rotatable bonds is 5. The first-order valence-electron chi connectivity index (χ1n) is 10.8. The van der Waals surface area contributed by atoms with E-state index in [9.17, 15) is 4.79 Å². The number of pyridine rings is 1. The second kappa shape index (κ2) is 9.54. The molecule has 27 heavy (non-hydrogen) atoms.